The first kappa shape index (κ1) is 20.3. The number of anilines is 1. The minimum atomic E-state index is -0.585. The number of carbonyl (C=O) groups is 2. The number of nitrogens with zero attached hydrogens (tertiary/aromatic N) is 1. The van der Waals surface area contributed by atoms with Crippen LogP contribution in [0.2, 0.25) is 4.34 Å². The predicted octanol–water partition coefficient (Wildman–Crippen LogP) is 5.41. The summed E-state index contributed by atoms with van der Waals surface area (Å²) in [6.07, 6.45) is -0.553. The molecule has 0 aliphatic heterocycles. The average molecular weight is 395 g/mol. The normalized spacial score (nSPS) is 11.1. The van der Waals surface area contributed by atoms with Crippen LogP contribution in [0.4, 0.5) is 10.5 Å². The molecule has 0 saturated heterocycles. The van der Waals surface area contributed by atoms with Crippen LogP contribution in [0.25, 0.3) is 0 Å². The van der Waals surface area contributed by atoms with Gasteiger partial charge in [-0.25, -0.2) is 4.79 Å². The lowest BCUT2D eigenvalue weighted by Gasteiger charge is -2.21. The molecule has 0 atom stereocenters. The fraction of sp³-hybridized carbons (Fsp3) is 0.368. The first-order valence-electron chi connectivity index (χ1n) is 8.31. The van der Waals surface area contributed by atoms with E-state index in [9.17, 15) is 9.59 Å². The molecule has 1 aromatic carbocycles. The minimum absolute atomic E-state index is 0.107. The number of benzene rings is 1. The van der Waals surface area contributed by atoms with Crippen molar-refractivity contribution in [2.24, 2.45) is 0 Å². The maximum Gasteiger partial charge on any atom is 0.412 e. The van der Waals surface area contributed by atoms with Gasteiger partial charge in [0.25, 0.3) is 5.91 Å². The third kappa shape index (κ3) is 6.04. The Labute approximate surface area is 162 Å². The molecule has 140 valence electrons. The third-order valence-corrected chi connectivity index (χ3v) is 4.62. The van der Waals surface area contributed by atoms with E-state index < -0.39 is 11.7 Å². The second kappa shape index (κ2) is 8.56. The number of carbonyl (C=O) groups excluding carboxylic acids is 2. The molecule has 2 amide bonds. The Morgan fingerprint density at radius 1 is 1.23 bits per heavy atom. The Bertz CT molecular complexity index is 783. The highest BCUT2D eigenvalue weighted by Crippen LogP contribution is 2.23. The quantitative estimate of drug-likeness (QED) is 0.737. The highest BCUT2D eigenvalue weighted by molar-refractivity contribution is 7.16. The number of ether oxygens (including phenoxy) is 1. The molecule has 0 fully saturated rings. The van der Waals surface area contributed by atoms with Gasteiger partial charge in [0.15, 0.2) is 0 Å². The van der Waals surface area contributed by atoms with Gasteiger partial charge in [-0.1, -0.05) is 17.7 Å². The van der Waals surface area contributed by atoms with Crippen LogP contribution in [-0.2, 0) is 11.3 Å². The minimum Gasteiger partial charge on any atom is -0.444 e. The van der Waals surface area contributed by atoms with Crippen molar-refractivity contribution in [2.45, 2.75) is 39.8 Å². The van der Waals surface area contributed by atoms with Gasteiger partial charge in [0.1, 0.15) is 5.60 Å². The summed E-state index contributed by atoms with van der Waals surface area (Å²) in [5.41, 5.74) is 0.432. The molecule has 1 N–H and O–H groups in total. The van der Waals surface area contributed by atoms with Crippen molar-refractivity contribution in [2.75, 3.05) is 11.9 Å². The van der Waals surface area contributed by atoms with E-state index in [0.29, 0.717) is 28.7 Å². The molecule has 5 nitrogen and oxygen atoms in total. The molecule has 26 heavy (non-hydrogen) atoms. The Morgan fingerprint density at radius 2 is 1.96 bits per heavy atom. The van der Waals surface area contributed by atoms with E-state index in [2.05, 4.69) is 5.32 Å². The molecule has 0 radical (unpaired) electrons. The lowest BCUT2D eigenvalue weighted by molar-refractivity contribution is 0.0634. The van der Waals surface area contributed by atoms with Crippen molar-refractivity contribution in [1.82, 2.24) is 4.90 Å². The average Bonchev–Trinajstić information content (AvgIpc) is 2.95. The molecule has 1 heterocycles. The zero-order valence-corrected chi connectivity index (χ0v) is 16.9. The fourth-order valence-electron chi connectivity index (χ4n) is 2.29. The van der Waals surface area contributed by atoms with Crippen LogP contribution in [-0.4, -0.2) is 29.0 Å². The highest BCUT2D eigenvalue weighted by atomic mass is 35.5. The predicted molar refractivity (Wildman–Crippen MR) is 106 cm³/mol. The molecule has 0 unspecified atom stereocenters. The first-order valence-corrected chi connectivity index (χ1v) is 9.51. The molecule has 7 heteroatoms. The van der Waals surface area contributed by atoms with Crippen LogP contribution < -0.4 is 5.32 Å². The number of amides is 2. The van der Waals surface area contributed by atoms with E-state index >= 15 is 0 Å². The molecular weight excluding hydrogens is 372 g/mol. The zero-order chi connectivity index (χ0) is 19.3. The van der Waals surface area contributed by atoms with Crippen molar-refractivity contribution >= 4 is 40.6 Å². The molecule has 1 aromatic heterocycles. The number of thiophene rings is 1. The maximum absolute atomic E-state index is 12.8. The zero-order valence-electron chi connectivity index (χ0n) is 15.3. The van der Waals surface area contributed by atoms with Crippen LogP contribution in [0, 0.1) is 0 Å². The smallest absolute Gasteiger partial charge is 0.412 e. The summed E-state index contributed by atoms with van der Waals surface area (Å²) in [4.78, 5) is 27.5. The molecule has 0 bridgehead atoms. The molecule has 0 aliphatic rings. The summed E-state index contributed by atoms with van der Waals surface area (Å²) in [5, 5.41) is 2.66. The summed E-state index contributed by atoms with van der Waals surface area (Å²) in [7, 11) is 0. The van der Waals surface area contributed by atoms with Crippen molar-refractivity contribution in [3.05, 3.63) is 51.2 Å². The van der Waals surface area contributed by atoms with Crippen molar-refractivity contribution < 1.29 is 14.3 Å². The van der Waals surface area contributed by atoms with Crippen molar-refractivity contribution in [1.29, 1.82) is 0 Å². The highest BCUT2D eigenvalue weighted by Gasteiger charge is 2.18. The lowest BCUT2D eigenvalue weighted by Crippen LogP contribution is -2.30. The number of halogens is 1. The van der Waals surface area contributed by atoms with E-state index in [4.69, 9.17) is 16.3 Å². The van der Waals surface area contributed by atoms with Crippen LogP contribution in [0.1, 0.15) is 42.9 Å². The lowest BCUT2D eigenvalue weighted by atomic mass is 10.1. The molecule has 0 aliphatic carbocycles. The molecular formula is C19H23ClN2O3S. The fourth-order valence-corrected chi connectivity index (χ4v) is 3.39. The Kier molecular flexibility index (Phi) is 6.67. The Morgan fingerprint density at radius 3 is 2.54 bits per heavy atom. The van der Waals surface area contributed by atoms with Gasteiger partial charge in [0, 0.05) is 22.7 Å². The van der Waals surface area contributed by atoms with E-state index in [-0.39, 0.29) is 5.91 Å². The van der Waals surface area contributed by atoms with Crippen molar-refractivity contribution in [3.63, 3.8) is 0 Å². The standard InChI is InChI=1S/C19H23ClN2O3S/c1-5-22(12-15-9-10-16(20)26-15)17(23)13-7-6-8-14(11-13)21-18(24)25-19(2,3)4/h6-11H,5,12H2,1-4H3,(H,21,24). The second-order valence-electron chi connectivity index (χ2n) is 6.73. The van der Waals surface area contributed by atoms with Gasteiger partial charge in [-0.3, -0.25) is 10.1 Å². The number of hydrogen-bond donors (Lipinski definition) is 1. The summed E-state index contributed by atoms with van der Waals surface area (Å²) in [6.45, 7) is 8.37. The van der Waals surface area contributed by atoms with Crippen molar-refractivity contribution in [3.8, 4) is 0 Å². The van der Waals surface area contributed by atoms with Gasteiger partial charge >= 0.3 is 6.09 Å². The van der Waals surface area contributed by atoms with Gasteiger partial charge in [0.05, 0.1) is 10.9 Å². The molecule has 2 aromatic rings. The number of hydrogen-bond acceptors (Lipinski definition) is 4. The summed E-state index contributed by atoms with van der Waals surface area (Å²) in [5.74, 6) is -0.107. The second-order valence-corrected chi connectivity index (χ2v) is 8.53. The van der Waals surface area contributed by atoms with Crippen LogP contribution in [0.3, 0.4) is 0 Å². The molecule has 0 saturated carbocycles. The number of rotatable bonds is 5. The van der Waals surface area contributed by atoms with E-state index in [1.54, 1.807) is 49.9 Å². The topological polar surface area (TPSA) is 58.6 Å². The van der Waals surface area contributed by atoms with E-state index in [0.717, 1.165) is 4.88 Å². The summed E-state index contributed by atoms with van der Waals surface area (Å²) in [6, 6.07) is 10.6. The number of nitrogens with one attached hydrogen (secondary N) is 1. The Balaban J connectivity index is 2.09. The SMILES string of the molecule is CCN(Cc1ccc(Cl)s1)C(=O)c1cccc(NC(=O)OC(C)(C)C)c1. The van der Waals surface area contributed by atoms with Gasteiger partial charge in [-0.2, -0.15) is 0 Å². The Hall–Kier alpha value is -2.05. The van der Waals surface area contributed by atoms with E-state index in [1.165, 1.54) is 11.3 Å². The molecule has 0 spiro atoms. The summed E-state index contributed by atoms with van der Waals surface area (Å²) >= 11 is 7.42. The van der Waals surface area contributed by atoms with Crippen LogP contribution in [0.15, 0.2) is 36.4 Å². The van der Waals surface area contributed by atoms with Gasteiger partial charge in [-0.05, 0) is 58.0 Å². The van der Waals surface area contributed by atoms with Gasteiger partial charge in [0.2, 0.25) is 0 Å². The third-order valence-electron chi connectivity index (χ3n) is 3.40. The van der Waals surface area contributed by atoms with Gasteiger partial charge in [-0.15, -0.1) is 11.3 Å². The van der Waals surface area contributed by atoms with Crippen LogP contribution >= 0.6 is 22.9 Å². The maximum atomic E-state index is 12.8. The van der Waals surface area contributed by atoms with Gasteiger partial charge < -0.3 is 9.64 Å². The molecule has 2 rings (SSSR count). The summed E-state index contributed by atoms with van der Waals surface area (Å²) < 4.78 is 5.94. The first-order chi connectivity index (χ1) is 12.2. The van der Waals surface area contributed by atoms with Crippen LogP contribution in [0.5, 0.6) is 0 Å². The largest absolute Gasteiger partial charge is 0.444 e. The van der Waals surface area contributed by atoms with E-state index in [1.807, 2.05) is 19.1 Å². The monoisotopic (exact) mass is 394 g/mol.